The van der Waals surface area contributed by atoms with Gasteiger partial charge in [-0.1, -0.05) is 54.1 Å². The molecule has 0 saturated carbocycles. The number of allylic oxidation sites excluding steroid dienone is 1. The van der Waals surface area contributed by atoms with Gasteiger partial charge in [0.25, 0.3) is 0 Å². The Bertz CT molecular complexity index is 920. The molecule has 0 amide bonds. The Morgan fingerprint density at radius 1 is 1.11 bits per heavy atom. The molecule has 2 aromatic carbocycles. The van der Waals surface area contributed by atoms with Crippen molar-refractivity contribution in [2.75, 3.05) is 19.7 Å². The first-order valence-corrected chi connectivity index (χ1v) is 10.6. The first kappa shape index (κ1) is 18.4. The van der Waals surface area contributed by atoms with Crippen molar-refractivity contribution in [2.45, 2.75) is 26.3 Å². The predicted octanol–water partition coefficient (Wildman–Crippen LogP) is 5.50. The first-order valence-electron chi connectivity index (χ1n) is 9.80. The van der Waals surface area contributed by atoms with E-state index in [1.807, 2.05) is 17.4 Å². The smallest absolute Gasteiger partial charge is 0.0618 e. The van der Waals surface area contributed by atoms with Crippen molar-refractivity contribution in [3.8, 4) is 0 Å². The highest BCUT2D eigenvalue weighted by molar-refractivity contribution is 7.20. The molecule has 0 atom stereocenters. The fourth-order valence-electron chi connectivity index (χ4n) is 4.12. The van der Waals surface area contributed by atoms with E-state index in [2.05, 4.69) is 66.4 Å². The fraction of sp³-hybridized carbons (Fsp3) is 0.333. The molecule has 1 saturated heterocycles. The topological polar surface area (TPSA) is 23.5 Å². The van der Waals surface area contributed by atoms with Gasteiger partial charge in [0.2, 0.25) is 0 Å². The van der Waals surface area contributed by atoms with E-state index in [0.717, 1.165) is 32.5 Å². The van der Waals surface area contributed by atoms with Gasteiger partial charge in [0, 0.05) is 16.1 Å². The van der Waals surface area contributed by atoms with Crippen LogP contribution >= 0.6 is 11.3 Å². The van der Waals surface area contributed by atoms with Crippen molar-refractivity contribution < 1.29 is 5.11 Å². The minimum Gasteiger partial charge on any atom is -0.392 e. The summed E-state index contributed by atoms with van der Waals surface area (Å²) in [5.74, 6) is 0.540. The van der Waals surface area contributed by atoms with Crippen LogP contribution in [0.15, 0.2) is 60.7 Å². The van der Waals surface area contributed by atoms with Gasteiger partial charge in [0.15, 0.2) is 0 Å². The van der Waals surface area contributed by atoms with Gasteiger partial charge in [0.1, 0.15) is 0 Å². The molecule has 2 nitrogen and oxygen atoms in total. The Hall–Kier alpha value is -1.94. The summed E-state index contributed by atoms with van der Waals surface area (Å²) >= 11 is 1.86. The van der Waals surface area contributed by atoms with Crippen LogP contribution in [0.1, 0.15) is 28.8 Å². The molecule has 0 spiro atoms. The molecule has 1 aliphatic rings. The Morgan fingerprint density at radius 3 is 2.63 bits per heavy atom. The maximum atomic E-state index is 9.61. The molecule has 0 unspecified atom stereocenters. The molecular weight excluding hydrogens is 350 g/mol. The molecule has 4 rings (SSSR count). The second-order valence-electron chi connectivity index (χ2n) is 7.53. The lowest BCUT2D eigenvalue weighted by Crippen LogP contribution is -2.33. The number of piperidine rings is 1. The zero-order valence-corrected chi connectivity index (χ0v) is 16.7. The number of aliphatic hydroxyl groups excluding tert-OH is 1. The molecule has 1 aromatic heterocycles. The highest BCUT2D eigenvalue weighted by Gasteiger charge is 2.24. The summed E-state index contributed by atoms with van der Waals surface area (Å²) in [4.78, 5) is 3.88. The summed E-state index contributed by atoms with van der Waals surface area (Å²) in [5, 5.41) is 10.9. The van der Waals surface area contributed by atoms with E-state index >= 15 is 0 Å². The van der Waals surface area contributed by atoms with Crippen molar-refractivity contribution in [2.24, 2.45) is 5.92 Å². The zero-order chi connectivity index (χ0) is 18.6. The molecule has 140 valence electrons. The van der Waals surface area contributed by atoms with Gasteiger partial charge in [-0.05, 0) is 67.4 Å². The van der Waals surface area contributed by atoms with Gasteiger partial charge < -0.3 is 5.11 Å². The average Bonchev–Trinajstić information content (AvgIpc) is 3.10. The third-order valence-corrected chi connectivity index (χ3v) is 6.71. The largest absolute Gasteiger partial charge is 0.392 e. The van der Waals surface area contributed by atoms with Crippen molar-refractivity contribution in [1.29, 1.82) is 0 Å². The molecule has 27 heavy (non-hydrogen) atoms. The number of hydrogen-bond donors (Lipinski definition) is 1. The number of thiophene rings is 1. The summed E-state index contributed by atoms with van der Waals surface area (Å²) in [6.45, 7) is 5.53. The van der Waals surface area contributed by atoms with Gasteiger partial charge in [-0.15, -0.1) is 11.3 Å². The van der Waals surface area contributed by atoms with Crippen molar-refractivity contribution in [1.82, 2.24) is 4.90 Å². The van der Waals surface area contributed by atoms with Crippen LogP contribution in [0.3, 0.4) is 0 Å². The Kier molecular flexibility index (Phi) is 5.72. The lowest BCUT2D eigenvalue weighted by Gasteiger charge is -2.33. The van der Waals surface area contributed by atoms with Crippen LogP contribution in [0.25, 0.3) is 15.7 Å². The molecule has 0 aliphatic carbocycles. The summed E-state index contributed by atoms with van der Waals surface area (Å²) < 4.78 is 1.33. The van der Waals surface area contributed by atoms with E-state index in [-0.39, 0.29) is 6.61 Å². The maximum absolute atomic E-state index is 9.61. The fourth-order valence-corrected chi connectivity index (χ4v) is 5.28. The van der Waals surface area contributed by atoms with Gasteiger partial charge in [-0.3, -0.25) is 4.90 Å². The highest BCUT2D eigenvalue weighted by Crippen LogP contribution is 2.38. The number of rotatable bonds is 5. The second-order valence-corrected chi connectivity index (χ2v) is 8.61. The van der Waals surface area contributed by atoms with Crippen molar-refractivity contribution in [3.05, 3.63) is 76.7 Å². The summed E-state index contributed by atoms with van der Waals surface area (Å²) in [5.41, 5.74) is 4.03. The van der Waals surface area contributed by atoms with E-state index in [4.69, 9.17) is 0 Å². The second kappa shape index (κ2) is 8.39. The van der Waals surface area contributed by atoms with E-state index in [9.17, 15) is 5.11 Å². The molecule has 1 N–H and O–H groups in total. The highest BCUT2D eigenvalue weighted by atomic mass is 32.1. The van der Waals surface area contributed by atoms with Crippen LogP contribution in [0, 0.1) is 12.8 Å². The van der Waals surface area contributed by atoms with Crippen LogP contribution in [0.2, 0.25) is 0 Å². The number of nitrogens with zero attached hydrogens (tertiary/aromatic N) is 1. The lowest BCUT2D eigenvalue weighted by atomic mass is 9.87. The number of fused-ring (bicyclic) bond motifs is 1. The summed E-state index contributed by atoms with van der Waals surface area (Å²) in [6, 6.07) is 19.7. The van der Waals surface area contributed by atoms with Crippen LogP contribution in [0.4, 0.5) is 0 Å². The SMILES string of the molecule is Cc1ccc2sc(C(=CCO)C3CCN(Cc4ccccc4)CC3)cc2c1. The molecule has 0 bridgehead atoms. The number of benzene rings is 2. The standard InChI is InChI=1S/C24H27NOS/c1-18-7-8-23-21(15-18)16-24(27-23)22(11-14-26)20-9-12-25(13-10-20)17-19-5-3-2-4-6-19/h2-8,11,15-16,20,26H,9-10,12-14,17H2,1H3. The Labute approximate surface area is 165 Å². The van der Waals surface area contributed by atoms with E-state index in [0.29, 0.717) is 5.92 Å². The van der Waals surface area contributed by atoms with Crippen LogP contribution in [-0.2, 0) is 6.54 Å². The minimum absolute atomic E-state index is 0.118. The van der Waals surface area contributed by atoms with Crippen molar-refractivity contribution >= 4 is 27.0 Å². The quantitative estimate of drug-likeness (QED) is 0.635. The molecule has 2 heterocycles. The average molecular weight is 378 g/mol. The first-order chi connectivity index (χ1) is 13.2. The molecule has 1 aliphatic heterocycles. The summed E-state index contributed by atoms with van der Waals surface area (Å²) in [6.07, 6.45) is 4.35. The number of hydrogen-bond acceptors (Lipinski definition) is 3. The van der Waals surface area contributed by atoms with Crippen LogP contribution < -0.4 is 0 Å². The molecule has 3 heteroatoms. The molecule has 3 aromatic rings. The van der Waals surface area contributed by atoms with Gasteiger partial charge in [-0.2, -0.15) is 0 Å². The molecule has 0 radical (unpaired) electrons. The Morgan fingerprint density at radius 2 is 1.89 bits per heavy atom. The molecular formula is C24H27NOS. The third-order valence-electron chi connectivity index (χ3n) is 5.54. The third kappa shape index (κ3) is 4.32. The minimum atomic E-state index is 0.118. The monoisotopic (exact) mass is 377 g/mol. The van der Waals surface area contributed by atoms with E-state index in [1.165, 1.54) is 31.7 Å². The molecule has 1 fully saturated rings. The van der Waals surface area contributed by atoms with Gasteiger partial charge >= 0.3 is 0 Å². The normalized spacial score (nSPS) is 16.9. The number of likely N-dealkylation sites (tertiary alicyclic amines) is 1. The number of aryl methyl sites for hydroxylation is 1. The maximum Gasteiger partial charge on any atom is 0.0618 e. The zero-order valence-electron chi connectivity index (χ0n) is 15.9. The van der Waals surface area contributed by atoms with E-state index in [1.54, 1.807) is 0 Å². The van der Waals surface area contributed by atoms with E-state index < -0.39 is 0 Å². The predicted molar refractivity (Wildman–Crippen MR) is 116 cm³/mol. The van der Waals surface area contributed by atoms with Crippen molar-refractivity contribution in [3.63, 3.8) is 0 Å². The Balaban J connectivity index is 1.47. The van der Waals surface area contributed by atoms with Gasteiger partial charge in [0.05, 0.1) is 6.61 Å². The van der Waals surface area contributed by atoms with Gasteiger partial charge in [-0.25, -0.2) is 0 Å². The van der Waals surface area contributed by atoms with Crippen LogP contribution in [0.5, 0.6) is 0 Å². The van der Waals surface area contributed by atoms with Crippen LogP contribution in [-0.4, -0.2) is 29.7 Å². The number of aliphatic hydroxyl groups is 1. The lowest BCUT2D eigenvalue weighted by molar-refractivity contribution is 0.198. The summed E-state index contributed by atoms with van der Waals surface area (Å²) in [7, 11) is 0.